The lowest BCUT2D eigenvalue weighted by Crippen LogP contribution is -2.24. The van der Waals surface area contributed by atoms with Crippen molar-refractivity contribution in [3.8, 4) is 5.75 Å². The van der Waals surface area contributed by atoms with E-state index in [2.05, 4.69) is 15.5 Å². The minimum atomic E-state index is -0.310. The Labute approximate surface area is 115 Å². The van der Waals surface area contributed by atoms with Gasteiger partial charge in [-0.25, -0.2) is 0 Å². The number of nitrogens with zero attached hydrogens (tertiary/aromatic N) is 2. The number of benzene rings is 1. The van der Waals surface area contributed by atoms with Gasteiger partial charge in [-0.15, -0.1) is 10.2 Å². The van der Waals surface area contributed by atoms with E-state index < -0.39 is 0 Å². The minimum Gasteiger partial charge on any atom is -0.496 e. The first-order valence-corrected chi connectivity index (χ1v) is 5.98. The fourth-order valence-electron chi connectivity index (χ4n) is 1.55. The third kappa shape index (κ3) is 3.42. The summed E-state index contributed by atoms with van der Waals surface area (Å²) in [6.45, 7) is 0.354. The highest BCUT2D eigenvalue weighted by Crippen LogP contribution is 2.16. The number of hydrogen-bond donors (Lipinski definition) is 1. The number of aromatic nitrogens is 2. The smallest absolute Gasteiger partial charge is 0.272 e. The van der Waals surface area contributed by atoms with E-state index in [4.69, 9.17) is 16.3 Å². The molecule has 2 rings (SSSR count). The number of carbonyl (C=O) groups excluding carboxylic acids is 1. The molecule has 1 N–H and O–H groups in total. The highest BCUT2D eigenvalue weighted by atomic mass is 35.5. The molecule has 1 amide bonds. The minimum absolute atomic E-state index is 0.222. The number of rotatable bonds is 4. The van der Waals surface area contributed by atoms with E-state index in [0.29, 0.717) is 6.54 Å². The van der Waals surface area contributed by atoms with Gasteiger partial charge in [0.25, 0.3) is 5.91 Å². The van der Waals surface area contributed by atoms with E-state index >= 15 is 0 Å². The predicted octanol–water partition coefficient (Wildman–Crippen LogP) is 2.07. The van der Waals surface area contributed by atoms with Crippen molar-refractivity contribution in [3.05, 3.63) is 52.8 Å². The molecule has 0 saturated heterocycles. The summed E-state index contributed by atoms with van der Waals surface area (Å²) in [6, 6.07) is 10.5. The monoisotopic (exact) mass is 277 g/mol. The average molecular weight is 278 g/mol. The van der Waals surface area contributed by atoms with Gasteiger partial charge >= 0.3 is 0 Å². The van der Waals surface area contributed by atoms with Crippen LogP contribution in [0.5, 0.6) is 5.75 Å². The maximum Gasteiger partial charge on any atom is 0.272 e. The molecule has 0 aliphatic heterocycles. The van der Waals surface area contributed by atoms with Gasteiger partial charge in [-0.05, 0) is 18.2 Å². The van der Waals surface area contributed by atoms with E-state index in [0.717, 1.165) is 11.3 Å². The summed E-state index contributed by atoms with van der Waals surface area (Å²) >= 11 is 5.61. The molecular weight excluding hydrogens is 266 g/mol. The predicted molar refractivity (Wildman–Crippen MR) is 71.2 cm³/mol. The third-order valence-electron chi connectivity index (χ3n) is 2.50. The molecule has 0 aliphatic carbocycles. The summed E-state index contributed by atoms with van der Waals surface area (Å²) in [5.41, 5.74) is 1.11. The van der Waals surface area contributed by atoms with E-state index in [9.17, 15) is 4.79 Å². The molecule has 0 spiro atoms. The number of ether oxygens (including phenoxy) is 1. The maximum atomic E-state index is 11.8. The van der Waals surface area contributed by atoms with Crippen LogP contribution < -0.4 is 10.1 Å². The molecule has 98 valence electrons. The summed E-state index contributed by atoms with van der Waals surface area (Å²) in [4.78, 5) is 11.8. The van der Waals surface area contributed by atoms with Crippen LogP contribution in [0.15, 0.2) is 36.4 Å². The fraction of sp³-hybridized carbons (Fsp3) is 0.154. The Kier molecular flexibility index (Phi) is 4.30. The lowest BCUT2D eigenvalue weighted by Gasteiger charge is -2.08. The van der Waals surface area contributed by atoms with Crippen molar-refractivity contribution in [1.29, 1.82) is 0 Å². The van der Waals surface area contributed by atoms with Crippen LogP contribution in [0.3, 0.4) is 0 Å². The molecule has 0 bridgehead atoms. The Morgan fingerprint density at radius 2 is 2.05 bits per heavy atom. The van der Waals surface area contributed by atoms with Gasteiger partial charge in [-0.1, -0.05) is 29.8 Å². The van der Waals surface area contributed by atoms with Crippen LogP contribution in [0.2, 0.25) is 5.15 Å². The molecule has 0 unspecified atom stereocenters. The molecule has 0 fully saturated rings. The van der Waals surface area contributed by atoms with Crippen molar-refractivity contribution in [2.45, 2.75) is 6.54 Å². The first-order chi connectivity index (χ1) is 9.20. The van der Waals surface area contributed by atoms with Gasteiger partial charge in [0.1, 0.15) is 5.75 Å². The lowest BCUT2D eigenvalue weighted by molar-refractivity contribution is 0.0944. The first kappa shape index (κ1) is 13.3. The van der Waals surface area contributed by atoms with Crippen molar-refractivity contribution in [3.63, 3.8) is 0 Å². The Bertz CT molecular complexity index is 572. The van der Waals surface area contributed by atoms with Crippen LogP contribution in [0, 0.1) is 0 Å². The molecule has 1 heterocycles. The van der Waals surface area contributed by atoms with Crippen molar-refractivity contribution in [1.82, 2.24) is 15.5 Å². The van der Waals surface area contributed by atoms with E-state index in [1.165, 1.54) is 12.1 Å². The quantitative estimate of drug-likeness (QED) is 0.929. The molecular formula is C13H12ClN3O2. The molecule has 1 aromatic heterocycles. The van der Waals surface area contributed by atoms with Crippen LogP contribution in [0.1, 0.15) is 16.1 Å². The van der Waals surface area contributed by atoms with Crippen LogP contribution in [0.4, 0.5) is 0 Å². The van der Waals surface area contributed by atoms with Gasteiger partial charge in [0.15, 0.2) is 10.8 Å². The zero-order valence-corrected chi connectivity index (χ0v) is 11.0. The lowest BCUT2D eigenvalue weighted by atomic mass is 10.2. The molecule has 0 radical (unpaired) electrons. The average Bonchev–Trinajstić information content (AvgIpc) is 2.45. The number of hydrogen-bond acceptors (Lipinski definition) is 4. The molecule has 0 atom stereocenters. The maximum absolute atomic E-state index is 11.8. The van der Waals surface area contributed by atoms with Crippen molar-refractivity contribution in [2.24, 2.45) is 0 Å². The van der Waals surface area contributed by atoms with Gasteiger partial charge in [0.2, 0.25) is 0 Å². The zero-order chi connectivity index (χ0) is 13.7. The van der Waals surface area contributed by atoms with Gasteiger partial charge in [0, 0.05) is 12.1 Å². The molecule has 0 aliphatic rings. The van der Waals surface area contributed by atoms with Crippen molar-refractivity contribution >= 4 is 17.5 Å². The van der Waals surface area contributed by atoms with Crippen LogP contribution in [-0.4, -0.2) is 23.2 Å². The number of carbonyl (C=O) groups is 1. The van der Waals surface area contributed by atoms with Gasteiger partial charge in [-0.2, -0.15) is 0 Å². The molecule has 0 saturated carbocycles. The normalized spacial score (nSPS) is 10.0. The van der Waals surface area contributed by atoms with Crippen LogP contribution in [0.25, 0.3) is 0 Å². The largest absolute Gasteiger partial charge is 0.496 e. The highest BCUT2D eigenvalue weighted by Gasteiger charge is 2.09. The van der Waals surface area contributed by atoms with E-state index in [1.807, 2.05) is 24.3 Å². The highest BCUT2D eigenvalue weighted by molar-refractivity contribution is 6.29. The second-order valence-electron chi connectivity index (χ2n) is 3.74. The van der Waals surface area contributed by atoms with E-state index in [-0.39, 0.29) is 16.8 Å². The van der Waals surface area contributed by atoms with Crippen molar-refractivity contribution in [2.75, 3.05) is 7.11 Å². The Balaban J connectivity index is 2.02. The summed E-state index contributed by atoms with van der Waals surface area (Å²) < 4.78 is 5.20. The summed E-state index contributed by atoms with van der Waals surface area (Å²) in [7, 11) is 1.59. The van der Waals surface area contributed by atoms with Gasteiger partial charge in [-0.3, -0.25) is 4.79 Å². The van der Waals surface area contributed by atoms with Crippen molar-refractivity contribution < 1.29 is 9.53 Å². The standard InChI is InChI=1S/C13H12ClN3O2/c1-19-11-5-3-2-4-9(11)8-15-13(18)10-6-7-12(14)17-16-10/h2-7H,8H2,1H3,(H,15,18). The number of halogens is 1. The zero-order valence-electron chi connectivity index (χ0n) is 10.3. The van der Waals surface area contributed by atoms with Gasteiger partial charge in [0.05, 0.1) is 7.11 Å². The second-order valence-corrected chi connectivity index (χ2v) is 4.12. The summed E-state index contributed by atoms with van der Waals surface area (Å²) in [5.74, 6) is 0.417. The SMILES string of the molecule is COc1ccccc1CNC(=O)c1ccc(Cl)nn1. The first-order valence-electron chi connectivity index (χ1n) is 5.60. The van der Waals surface area contributed by atoms with E-state index in [1.54, 1.807) is 7.11 Å². The number of amides is 1. The molecule has 6 heteroatoms. The third-order valence-corrected chi connectivity index (χ3v) is 2.70. The summed E-state index contributed by atoms with van der Waals surface area (Å²) in [6.07, 6.45) is 0. The number of para-hydroxylation sites is 1. The number of nitrogens with one attached hydrogen (secondary N) is 1. The Morgan fingerprint density at radius 1 is 1.26 bits per heavy atom. The molecule has 1 aromatic carbocycles. The fourth-order valence-corrected chi connectivity index (χ4v) is 1.65. The molecule has 19 heavy (non-hydrogen) atoms. The second kappa shape index (κ2) is 6.15. The molecule has 5 nitrogen and oxygen atoms in total. The topological polar surface area (TPSA) is 64.1 Å². The van der Waals surface area contributed by atoms with Crippen LogP contribution >= 0.6 is 11.6 Å². The molecule has 2 aromatic rings. The Hall–Kier alpha value is -2.14. The van der Waals surface area contributed by atoms with Gasteiger partial charge < -0.3 is 10.1 Å². The Morgan fingerprint density at radius 3 is 2.74 bits per heavy atom. The summed E-state index contributed by atoms with van der Waals surface area (Å²) in [5, 5.41) is 10.3. The number of methoxy groups -OCH3 is 1. The van der Waals surface area contributed by atoms with Crippen LogP contribution in [-0.2, 0) is 6.54 Å².